The smallest absolute Gasteiger partial charge is 0.272 e. The molecule has 2 N–H and O–H groups in total. The molecule has 2 aromatic rings. The Morgan fingerprint density at radius 3 is 2.75 bits per heavy atom. The fourth-order valence-corrected chi connectivity index (χ4v) is 1.45. The Morgan fingerprint density at radius 1 is 1.38 bits per heavy atom. The van der Waals surface area contributed by atoms with Crippen molar-refractivity contribution in [3.05, 3.63) is 53.6 Å². The lowest BCUT2D eigenvalue weighted by molar-refractivity contribution is 0.0946. The van der Waals surface area contributed by atoms with Gasteiger partial charge in [-0.1, -0.05) is 30.3 Å². The molecular formula is C12H13N3O. The summed E-state index contributed by atoms with van der Waals surface area (Å²) >= 11 is 0. The lowest BCUT2D eigenvalue weighted by Crippen LogP contribution is -2.23. The van der Waals surface area contributed by atoms with Crippen molar-refractivity contribution < 1.29 is 4.79 Å². The molecule has 0 unspecified atom stereocenters. The van der Waals surface area contributed by atoms with Gasteiger partial charge in [0, 0.05) is 12.2 Å². The van der Waals surface area contributed by atoms with Crippen LogP contribution < -0.4 is 5.32 Å². The van der Waals surface area contributed by atoms with E-state index in [-0.39, 0.29) is 5.91 Å². The number of carbonyl (C=O) groups excluding carboxylic acids is 1. The first-order valence-electron chi connectivity index (χ1n) is 5.09. The quantitative estimate of drug-likeness (QED) is 0.817. The first-order chi connectivity index (χ1) is 7.77. The highest BCUT2D eigenvalue weighted by atomic mass is 16.1. The van der Waals surface area contributed by atoms with Crippen molar-refractivity contribution >= 4 is 5.91 Å². The zero-order valence-electron chi connectivity index (χ0n) is 9.03. The fourth-order valence-electron chi connectivity index (χ4n) is 1.45. The number of nitrogens with one attached hydrogen (secondary N) is 2. The molecule has 4 heteroatoms. The number of aromatic nitrogens is 2. The number of amides is 1. The lowest BCUT2D eigenvalue weighted by Gasteiger charge is -2.03. The van der Waals surface area contributed by atoms with Crippen LogP contribution in [0.1, 0.15) is 21.7 Å². The van der Waals surface area contributed by atoms with Crippen LogP contribution in [0, 0.1) is 6.92 Å². The van der Waals surface area contributed by atoms with Gasteiger partial charge in [-0.25, -0.2) is 4.98 Å². The Balaban J connectivity index is 1.97. The van der Waals surface area contributed by atoms with Gasteiger partial charge in [-0.05, 0) is 12.5 Å². The maximum Gasteiger partial charge on any atom is 0.272 e. The molecule has 1 aromatic heterocycles. The molecule has 1 aromatic carbocycles. The van der Waals surface area contributed by atoms with Crippen LogP contribution in [-0.2, 0) is 6.54 Å². The summed E-state index contributed by atoms with van der Waals surface area (Å²) in [7, 11) is 0. The second kappa shape index (κ2) is 4.61. The molecule has 0 bridgehead atoms. The van der Waals surface area contributed by atoms with E-state index >= 15 is 0 Å². The minimum atomic E-state index is -0.150. The first kappa shape index (κ1) is 10.4. The van der Waals surface area contributed by atoms with E-state index < -0.39 is 0 Å². The lowest BCUT2D eigenvalue weighted by atomic mass is 10.2. The Labute approximate surface area is 93.7 Å². The third-order valence-corrected chi connectivity index (χ3v) is 2.34. The van der Waals surface area contributed by atoms with Crippen LogP contribution in [0.4, 0.5) is 0 Å². The molecule has 0 fully saturated rings. The average molecular weight is 215 g/mol. The number of imidazole rings is 1. The molecule has 0 aliphatic carbocycles. The van der Waals surface area contributed by atoms with Crippen molar-refractivity contribution in [3.63, 3.8) is 0 Å². The number of rotatable bonds is 3. The minimum Gasteiger partial charge on any atom is -0.348 e. The monoisotopic (exact) mass is 215 g/mol. The Hall–Kier alpha value is -2.10. The predicted molar refractivity (Wildman–Crippen MR) is 60.9 cm³/mol. The van der Waals surface area contributed by atoms with Crippen molar-refractivity contribution in [1.29, 1.82) is 0 Å². The summed E-state index contributed by atoms with van der Waals surface area (Å²) in [5.74, 6) is -0.150. The number of H-pyrrole nitrogens is 1. The van der Waals surface area contributed by atoms with Crippen LogP contribution in [0.25, 0.3) is 0 Å². The van der Waals surface area contributed by atoms with E-state index in [9.17, 15) is 4.79 Å². The predicted octanol–water partition coefficient (Wildman–Crippen LogP) is 1.65. The van der Waals surface area contributed by atoms with Gasteiger partial charge in [-0.2, -0.15) is 0 Å². The van der Waals surface area contributed by atoms with Gasteiger partial charge in [0.15, 0.2) is 0 Å². The number of hydrogen-bond acceptors (Lipinski definition) is 2. The third-order valence-electron chi connectivity index (χ3n) is 2.34. The second-order valence-electron chi connectivity index (χ2n) is 3.54. The van der Waals surface area contributed by atoms with Gasteiger partial charge in [0.05, 0.1) is 6.33 Å². The van der Waals surface area contributed by atoms with E-state index in [1.165, 1.54) is 6.33 Å². The maximum absolute atomic E-state index is 11.7. The summed E-state index contributed by atoms with van der Waals surface area (Å²) in [6.45, 7) is 2.34. The van der Waals surface area contributed by atoms with Crippen molar-refractivity contribution in [2.24, 2.45) is 0 Å². The second-order valence-corrected chi connectivity index (χ2v) is 3.54. The Bertz CT molecular complexity index is 476. The number of aryl methyl sites for hydroxylation is 1. The molecule has 0 spiro atoms. The van der Waals surface area contributed by atoms with Gasteiger partial charge in [0.25, 0.3) is 5.91 Å². The number of carbonyl (C=O) groups is 1. The molecule has 0 saturated heterocycles. The van der Waals surface area contributed by atoms with Crippen LogP contribution in [0.5, 0.6) is 0 Å². The van der Waals surface area contributed by atoms with Crippen LogP contribution in [0.3, 0.4) is 0 Å². The highest BCUT2D eigenvalue weighted by Gasteiger charge is 2.10. The van der Waals surface area contributed by atoms with Gasteiger partial charge >= 0.3 is 0 Å². The zero-order valence-corrected chi connectivity index (χ0v) is 9.03. The number of nitrogens with zero attached hydrogens (tertiary/aromatic N) is 1. The van der Waals surface area contributed by atoms with Crippen LogP contribution in [0.15, 0.2) is 36.7 Å². The Morgan fingerprint density at radius 2 is 2.12 bits per heavy atom. The van der Waals surface area contributed by atoms with Gasteiger partial charge in [0.1, 0.15) is 5.69 Å². The van der Waals surface area contributed by atoms with Crippen molar-refractivity contribution in [2.75, 3.05) is 0 Å². The van der Waals surface area contributed by atoms with E-state index in [2.05, 4.69) is 15.3 Å². The van der Waals surface area contributed by atoms with Crippen molar-refractivity contribution in [1.82, 2.24) is 15.3 Å². The summed E-state index contributed by atoms with van der Waals surface area (Å²) in [5, 5.41) is 2.82. The van der Waals surface area contributed by atoms with E-state index in [1.807, 2.05) is 37.3 Å². The van der Waals surface area contributed by atoms with E-state index in [0.29, 0.717) is 12.2 Å². The summed E-state index contributed by atoms with van der Waals surface area (Å²) in [4.78, 5) is 18.5. The summed E-state index contributed by atoms with van der Waals surface area (Å²) in [6.07, 6.45) is 1.52. The maximum atomic E-state index is 11.7. The minimum absolute atomic E-state index is 0.150. The van der Waals surface area contributed by atoms with Crippen LogP contribution >= 0.6 is 0 Å². The Kier molecular flexibility index (Phi) is 3.00. The topological polar surface area (TPSA) is 57.8 Å². The number of aromatic amines is 1. The number of benzene rings is 1. The SMILES string of the molecule is Cc1[nH]cnc1C(=O)NCc1ccccc1. The largest absolute Gasteiger partial charge is 0.348 e. The molecule has 0 aliphatic rings. The van der Waals surface area contributed by atoms with Gasteiger partial charge in [-0.15, -0.1) is 0 Å². The van der Waals surface area contributed by atoms with E-state index in [4.69, 9.17) is 0 Å². The molecule has 1 amide bonds. The fraction of sp³-hybridized carbons (Fsp3) is 0.167. The third kappa shape index (κ3) is 2.28. The molecular weight excluding hydrogens is 202 g/mol. The van der Waals surface area contributed by atoms with Crippen molar-refractivity contribution in [3.8, 4) is 0 Å². The average Bonchev–Trinajstić information content (AvgIpc) is 2.74. The normalized spacial score (nSPS) is 10.1. The van der Waals surface area contributed by atoms with Crippen LogP contribution in [-0.4, -0.2) is 15.9 Å². The highest BCUT2D eigenvalue weighted by Crippen LogP contribution is 2.02. The summed E-state index contributed by atoms with van der Waals surface area (Å²) < 4.78 is 0. The van der Waals surface area contributed by atoms with Gasteiger partial charge in [0.2, 0.25) is 0 Å². The van der Waals surface area contributed by atoms with E-state index in [1.54, 1.807) is 0 Å². The van der Waals surface area contributed by atoms with Gasteiger partial charge in [-0.3, -0.25) is 4.79 Å². The molecule has 0 saturated carbocycles. The first-order valence-corrected chi connectivity index (χ1v) is 5.09. The van der Waals surface area contributed by atoms with Gasteiger partial charge < -0.3 is 10.3 Å². The molecule has 4 nitrogen and oxygen atoms in total. The summed E-state index contributed by atoms with van der Waals surface area (Å²) in [6, 6.07) is 9.78. The molecule has 16 heavy (non-hydrogen) atoms. The van der Waals surface area contributed by atoms with E-state index in [0.717, 1.165) is 11.3 Å². The molecule has 0 aliphatic heterocycles. The standard InChI is InChI=1S/C12H13N3O/c1-9-11(15-8-14-9)12(16)13-7-10-5-3-2-4-6-10/h2-6,8H,7H2,1H3,(H,13,16)(H,14,15). The zero-order chi connectivity index (χ0) is 11.4. The molecule has 0 atom stereocenters. The molecule has 0 radical (unpaired) electrons. The molecule has 2 rings (SSSR count). The molecule has 1 heterocycles. The van der Waals surface area contributed by atoms with Crippen molar-refractivity contribution in [2.45, 2.75) is 13.5 Å². The molecule has 82 valence electrons. The summed E-state index contributed by atoms with van der Waals surface area (Å²) in [5.41, 5.74) is 2.31. The number of hydrogen-bond donors (Lipinski definition) is 2. The van der Waals surface area contributed by atoms with Crippen LogP contribution in [0.2, 0.25) is 0 Å². The highest BCUT2D eigenvalue weighted by molar-refractivity contribution is 5.93.